The summed E-state index contributed by atoms with van der Waals surface area (Å²) in [6.07, 6.45) is 2.20. The zero-order valence-corrected chi connectivity index (χ0v) is 8.89. The number of unbranched alkanes of at least 4 members (excludes halogenated alkanes) is 1. The number of rotatable bonds is 5. The molecule has 4 heteroatoms. The van der Waals surface area contributed by atoms with Gasteiger partial charge in [0.05, 0.1) is 7.11 Å². The minimum absolute atomic E-state index is 0.108. The summed E-state index contributed by atoms with van der Waals surface area (Å²) in [4.78, 5) is 21.2. The Kier molecular flexibility index (Phi) is 5.98. The fourth-order valence-corrected chi connectivity index (χ4v) is 1.13. The number of halogens is 1. The molecule has 0 aromatic rings. The minimum Gasteiger partial charge on any atom is -0.468 e. The van der Waals surface area contributed by atoms with Gasteiger partial charge in [0.2, 0.25) is 0 Å². The summed E-state index contributed by atoms with van der Waals surface area (Å²) in [6, 6.07) is 0. The summed E-state index contributed by atoms with van der Waals surface area (Å²) in [5.41, 5.74) is 0. The van der Waals surface area contributed by atoms with Crippen molar-refractivity contribution in [2.75, 3.05) is 7.11 Å². The molecule has 0 radical (unpaired) electrons. The number of hydrogen-bond acceptors (Lipinski definition) is 3. The Morgan fingerprint density at radius 1 is 1.50 bits per heavy atom. The molecule has 1 unspecified atom stereocenters. The number of hydrogen-bond donors (Lipinski definition) is 0. The molecule has 70 valence electrons. The number of carbonyl (C=O) groups excluding carboxylic acids is 2. The minimum atomic E-state index is -0.783. The molecular formula is C8H13BrO3. The molecule has 12 heavy (non-hydrogen) atoms. The van der Waals surface area contributed by atoms with E-state index in [1.54, 1.807) is 0 Å². The van der Waals surface area contributed by atoms with Gasteiger partial charge in [-0.3, -0.25) is 9.59 Å². The first-order valence-corrected chi connectivity index (χ1v) is 4.79. The first-order chi connectivity index (χ1) is 5.63. The molecule has 0 aliphatic carbocycles. The lowest BCUT2D eigenvalue weighted by atomic mass is 10.1. The van der Waals surface area contributed by atoms with Gasteiger partial charge in [0.1, 0.15) is 0 Å². The van der Waals surface area contributed by atoms with Crippen LogP contribution in [0.4, 0.5) is 0 Å². The van der Waals surface area contributed by atoms with E-state index in [1.807, 2.05) is 6.92 Å². The van der Waals surface area contributed by atoms with Gasteiger partial charge < -0.3 is 4.74 Å². The zero-order chi connectivity index (χ0) is 9.56. The van der Waals surface area contributed by atoms with Crippen molar-refractivity contribution in [1.29, 1.82) is 0 Å². The third-order valence-electron chi connectivity index (χ3n) is 1.47. The molecule has 0 heterocycles. The van der Waals surface area contributed by atoms with Gasteiger partial charge in [-0.2, -0.15) is 0 Å². The van der Waals surface area contributed by atoms with Crippen LogP contribution in [-0.2, 0) is 14.3 Å². The van der Waals surface area contributed by atoms with Gasteiger partial charge in [-0.15, -0.1) is 0 Å². The van der Waals surface area contributed by atoms with Crippen molar-refractivity contribution in [3.8, 4) is 0 Å². The maximum atomic E-state index is 11.2. The van der Waals surface area contributed by atoms with Crippen LogP contribution in [0.1, 0.15) is 26.2 Å². The Hall–Kier alpha value is -0.380. The van der Waals surface area contributed by atoms with Crippen LogP contribution >= 0.6 is 15.9 Å². The molecule has 0 saturated heterocycles. The van der Waals surface area contributed by atoms with Gasteiger partial charge in [0, 0.05) is 6.42 Å². The lowest BCUT2D eigenvalue weighted by molar-refractivity contribution is -0.142. The maximum absolute atomic E-state index is 11.2. The fraction of sp³-hybridized carbons (Fsp3) is 0.750. The van der Waals surface area contributed by atoms with Crippen molar-refractivity contribution < 1.29 is 14.3 Å². The maximum Gasteiger partial charge on any atom is 0.327 e. The van der Waals surface area contributed by atoms with Gasteiger partial charge >= 0.3 is 5.97 Å². The Bertz CT molecular complexity index is 168. The molecule has 0 spiro atoms. The van der Waals surface area contributed by atoms with Crippen molar-refractivity contribution in [2.45, 2.75) is 31.0 Å². The Labute approximate surface area is 80.6 Å². The van der Waals surface area contributed by atoms with Crippen molar-refractivity contribution in [1.82, 2.24) is 0 Å². The fourth-order valence-electron chi connectivity index (χ4n) is 0.713. The Morgan fingerprint density at radius 2 is 2.08 bits per heavy atom. The van der Waals surface area contributed by atoms with Crippen molar-refractivity contribution in [2.24, 2.45) is 0 Å². The van der Waals surface area contributed by atoms with Crippen LogP contribution in [0.3, 0.4) is 0 Å². The molecule has 3 nitrogen and oxygen atoms in total. The highest BCUT2D eigenvalue weighted by Crippen LogP contribution is 2.08. The third kappa shape index (κ3) is 3.85. The number of carbonyl (C=O) groups is 2. The third-order valence-corrected chi connectivity index (χ3v) is 2.35. The van der Waals surface area contributed by atoms with E-state index in [9.17, 15) is 9.59 Å². The zero-order valence-electron chi connectivity index (χ0n) is 7.30. The summed E-state index contributed by atoms with van der Waals surface area (Å²) in [5.74, 6) is -0.625. The second-order valence-electron chi connectivity index (χ2n) is 2.46. The van der Waals surface area contributed by atoms with Crippen LogP contribution in [0.2, 0.25) is 0 Å². The standard InChI is InChI=1S/C8H13BrO3/c1-3-4-5-6(10)7(9)8(11)12-2/h7H,3-5H2,1-2H3. The molecule has 0 aliphatic heterocycles. The summed E-state index contributed by atoms with van der Waals surface area (Å²) >= 11 is 2.97. The van der Waals surface area contributed by atoms with Crippen molar-refractivity contribution in [3.05, 3.63) is 0 Å². The molecule has 0 amide bonds. The molecule has 0 aromatic carbocycles. The van der Waals surface area contributed by atoms with Crippen LogP contribution in [0.25, 0.3) is 0 Å². The van der Waals surface area contributed by atoms with E-state index < -0.39 is 10.8 Å². The lowest BCUT2D eigenvalue weighted by Gasteiger charge is -2.04. The predicted octanol–water partition coefficient (Wildman–Crippen LogP) is 1.68. The van der Waals surface area contributed by atoms with Crippen LogP contribution < -0.4 is 0 Å². The molecule has 0 saturated carbocycles. The highest BCUT2D eigenvalue weighted by Gasteiger charge is 2.22. The predicted molar refractivity (Wildman–Crippen MR) is 49.3 cm³/mol. The molecule has 0 N–H and O–H groups in total. The van der Waals surface area contributed by atoms with E-state index in [2.05, 4.69) is 20.7 Å². The van der Waals surface area contributed by atoms with Crippen LogP contribution in [0.15, 0.2) is 0 Å². The van der Waals surface area contributed by atoms with Gasteiger partial charge in [-0.1, -0.05) is 29.3 Å². The molecule has 0 aromatic heterocycles. The Morgan fingerprint density at radius 3 is 2.50 bits per heavy atom. The molecule has 0 aliphatic rings. The topological polar surface area (TPSA) is 43.4 Å². The van der Waals surface area contributed by atoms with E-state index in [1.165, 1.54) is 7.11 Å². The first kappa shape index (κ1) is 11.6. The number of methoxy groups -OCH3 is 1. The molecule has 0 bridgehead atoms. The largest absolute Gasteiger partial charge is 0.468 e. The van der Waals surface area contributed by atoms with E-state index in [0.717, 1.165) is 12.8 Å². The summed E-state index contributed by atoms with van der Waals surface area (Å²) in [5, 5.41) is 0. The molecule has 0 rings (SSSR count). The Balaban J connectivity index is 3.84. The summed E-state index contributed by atoms with van der Waals surface area (Å²) < 4.78 is 4.41. The average molecular weight is 237 g/mol. The number of Topliss-reactive ketones (excluding diaryl/α,β-unsaturated/α-hetero) is 1. The monoisotopic (exact) mass is 236 g/mol. The highest BCUT2D eigenvalue weighted by molar-refractivity contribution is 9.10. The lowest BCUT2D eigenvalue weighted by Crippen LogP contribution is -2.25. The molecule has 0 fully saturated rings. The van der Waals surface area contributed by atoms with Gasteiger partial charge in [-0.05, 0) is 6.42 Å². The van der Waals surface area contributed by atoms with E-state index in [0.29, 0.717) is 6.42 Å². The number of alkyl halides is 1. The van der Waals surface area contributed by atoms with E-state index in [-0.39, 0.29) is 5.78 Å². The van der Waals surface area contributed by atoms with Gasteiger partial charge in [-0.25, -0.2) is 0 Å². The molecular weight excluding hydrogens is 224 g/mol. The van der Waals surface area contributed by atoms with Crippen LogP contribution in [-0.4, -0.2) is 23.7 Å². The quantitative estimate of drug-likeness (QED) is 0.415. The summed E-state index contributed by atoms with van der Waals surface area (Å²) in [7, 11) is 1.27. The first-order valence-electron chi connectivity index (χ1n) is 3.88. The van der Waals surface area contributed by atoms with Crippen LogP contribution in [0, 0.1) is 0 Å². The number of esters is 1. The number of ether oxygens (including phenoxy) is 1. The van der Waals surface area contributed by atoms with Crippen molar-refractivity contribution >= 4 is 27.7 Å². The second-order valence-corrected chi connectivity index (χ2v) is 3.37. The van der Waals surface area contributed by atoms with Gasteiger partial charge in [0.15, 0.2) is 10.6 Å². The van der Waals surface area contributed by atoms with Crippen molar-refractivity contribution in [3.63, 3.8) is 0 Å². The van der Waals surface area contributed by atoms with Gasteiger partial charge in [0.25, 0.3) is 0 Å². The van der Waals surface area contributed by atoms with Crippen LogP contribution in [0.5, 0.6) is 0 Å². The van der Waals surface area contributed by atoms with E-state index in [4.69, 9.17) is 0 Å². The average Bonchev–Trinajstić information content (AvgIpc) is 2.11. The second kappa shape index (κ2) is 6.17. The normalized spacial score (nSPS) is 12.2. The molecule has 1 atom stereocenters. The highest BCUT2D eigenvalue weighted by atomic mass is 79.9. The van der Waals surface area contributed by atoms with E-state index >= 15 is 0 Å². The smallest absolute Gasteiger partial charge is 0.327 e. The number of ketones is 1. The SMILES string of the molecule is CCCCC(=O)C(Br)C(=O)OC. The summed E-state index contributed by atoms with van der Waals surface area (Å²) in [6.45, 7) is 1.99.